The van der Waals surface area contributed by atoms with Crippen molar-refractivity contribution in [3.05, 3.63) is 83.9 Å². The number of thioether (sulfide) groups is 1. The number of hydrogen-bond acceptors (Lipinski definition) is 5. The smallest absolute Gasteiger partial charge is 0.238 e. The Kier molecular flexibility index (Phi) is 7.63. The van der Waals surface area contributed by atoms with Crippen LogP contribution in [0.4, 0.5) is 5.69 Å². The second-order valence-corrected chi connectivity index (χ2v) is 7.82. The summed E-state index contributed by atoms with van der Waals surface area (Å²) in [5.74, 6) is 1.32. The maximum absolute atomic E-state index is 13.1. The third-order valence-electron chi connectivity index (χ3n) is 4.67. The van der Waals surface area contributed by atoms with E-state index >= 15 is 0 Å². The first kappa shape index (κ1) is 21.6. The number of nitrogens with one attached hydrogen (secondary N) is 1. The zero-order valence-corrected chi connectivity index (χ0v) is 17.9. The lowest BCUT2D eigenvalue weighted by Crippen LogP contribution is -2.29. The Morgan fingerprint density at radius 1 is 0.967 bits per heavy atom. The number of ether oxygens (including phenoxy) is 2. The number of carbonyl (C=O) groups excluding carboxylic acids is 1. The summed E-state index contributed by atoms with van der Waals surface area (Å²) in [6, 6.07) is 23.1. The van der Waals surface area contributed by atoms with Crippen LogP contribution in [0.2, 0.25) is 0 Å². The minimum Gasteiger partial charge on any atom is -0.493 e. The van der Waals surface area contributed by atoms with Crippen LogP contribution in [-0.4, -0.2) is 26.7 Å². The largest absolute Gasteiger partial charge is 0.493 e. The molecule has 156 valence electrons. The van der Waals surface area contributed by atoms with Crippen molar-refractivity contribution in [3.63, 3.8) is 0 Å². The van der Waals surface area contributed by atoms with Crippen molar-refractivity contribution >= 4 is 23.4 Å². The molecule has 0 aliphatic heterocycles. The minimum absolute atomic E-state index is 0.0464. The third-order valence-corrected chi connectivity index (χ3v) is 6.01. The molecule has 0 unspecified atom stereocenters. The first-order valence-corrected chi connectivity index (χ1v) is 10.5. The fourth-order valence-corrected chi connectivity index (χ4v) is 4.17. The van der Waals surface area contributed by atoms with Crippen LogP contribution < -0.4 is 20.5 Å². The van der Waals surface area contributed by atoms with Crippen LogP contribution >= 0.6 is 11.8 Å². The van der Waals surface area contributed by atoms with Crippen LogP contribution in [0.1, 0.15) is 16.4 Å². The lowest BCUT2D eigenvalue weighted by molar-refractivity contribution is -0.120. The molecule has 3 N–H and O–H groups in total. The summed E-state index contributed by atoms with van der Waals surface area (Å²) in [7, 11) is 3.22. The maximum Gasteiger partial charge on any atom is 0.238 e. The van der Waals surface area contributed by atoms with E-state index in [1.165, 1.54) is 11.8 Å². The van der Waals surface area contributed by atoms with Crippen LogP contribution in [0.5, 0.6) is 11.5 Å². The van der Waals surface area contributed by atoms with Gasteiger partial charge in [-0.05, 0) is 41.8 Å². The Morgan fingerprint density at radius 2 is 1.67 bits per heavy atom. The number of anilines is 1. The highest BCUT2D eigenvalue weighted by Gasteiger charge is 2.22. The van der Waals surface area contributed by atoms with Crippen molar-refractivity contribution in [1.82, 2.24) is 5.32 Å². The van der Waals surface area contributed by atoms with Gasteiger partial charge in [0.2, 0.25) is 5.91 Å². The molecule has 0 radical (unpaired) electrons. The third kappa shape index (κ3) is 5.48. The van der Waals surface area contributed by atoms with Crippen molar-refractivity contribution in [3.8, 4) is 11.5 Å². The van der Waals surface area contributed by atoms with E-state index in [2.05, 4.69) is 5.32 Å². The topological polar surface area (TPSA) is 73.6 Å². The Labute approximate surface area is 181 Å². The van der Waals surface area contributed by atoms with Crippen LogP contribution in [0.25, 0.3) is 0 Å². The maximum atomic E-state index is 13.1. The van der Waals surface area contributed by atoms with Crippen LogP contribution in [0, 0.1) is 0 Å². The molecule has 1 atom stereocenters. The molecule has 0 heterocycles. The lowest BCUT2D eigenvalue weighted by Gasteiger charge is -2.18. The van der Waals surface area contributed by atoms with Gasteiger partial charge in [-0.2, -0.15) is 0 Å². The molecule has 0 saturated carbocycles. The molecule has 0 aliphatic rings. The van der Waals surface area contributed by atoms with E-state index in [1.54, 1.807) is 14.2 Å². The molecule has 1 amide bonds. The molecule has 0 fully saturated rings. The number of amides is 1. The fraction of sp³-hybridized carbons (Fsp3) is 0.208. The summed E-state index contributed by atoms with van der Waals surface area (Å²) < 4.78 is 10.6. The van der Waals surface area contributed by atoms with E-state index in [9.17, 15) is 4.79 Å². The SMILES string of the molecule is COc1ccc(CCNC(=O)[C@H](Sc2ccccc2N)c2ccccc2)cc1OC. The molecular formula is C24H26N2O3S. The van der Waals surface area contributed by atoms with E-state index in [0.29, 0.717) is 30.2 Å². The molecular weight excluding hydrogens is 396 g/mol. The van der Waals surface area contributed by atoms with Crippen molar-refractivity contribution in [1.29, 1.82) is 0 Å². The highest BCUT2D eigenvalue weighted by Crippen LogP contribution is 2.38. The number of methoxy groups -OCH3 is 2. The fourth-order valence-electron chi connectivity index (χ4n) is 3.07. The van der Waals surface area contributed by atoms with Crippen molar-refractivity contribution in [2.75, 3.05) is 26.5 Å². The molecule has 5 nitrogen and oxygen atoms in total. The van der Waals surface area contributed by atoms with Gasteiger partial charge in [0.15, 0.2) is 11.5 Å². The lowest BCUT2D eigenvalue weighted by atomic mass is 10.1. The second-order valence-electron chi connectivity index (χ2n) is 6.68. The molecule has 0 spiro atoms. The van der Waals surface area contributed by atoms with Gasteiger partial charge in [0, 0.05) is 17.1 Å². The highest BCUT2D eigenvalue weighted by atomic mass is 32.2. The quantitative estimate of drug-likeness (QED) is 0.393. The molecule has 0 bridgehead atoms. The number of carbonyl (C=O) groups is 1. The van der Waals surface area contributed by atoms with Gasteiger partial charge in [-0.3, -0.25) is 4.79 Å². The van der Waals surface area contributed by atoms with Gasteiger partial charge < -0.3 is 20.5 Å². The molecule has 30 heavy (non-hydrogen) atoms. The van der Waals surface area contributed by atoms with Gasteiger partial charge in [0.25, 0.3) is 0 Å². The second kappa shape index (κ2) is 10.6. The average molecular weight is 423 g/mol. The van der Waals surface area contributed by atoms with Crippen molar-refractivity contribution in [2.45, 2.75) is 16.6 Å². The first-order valence-electron chi connectivity index (χ1n) is 9.67. The molecule has 0 aliphatic carbocycles. The number of nitrogen functional groups attached to an aromatic ring is 1. The van der Waals surface area contributed by atoms with Gasteiger partial charge >= 0.3 is 0 Å². The van der Waals surface area contributed by atoms with E-state index in [0.717, 1.165) is 16.0 Å². The van der Waals surface area contributed by atoms with Crippen LogP contribution in [0.3, 0.4) is 0 Å². The Hall–Kier alpha value is -3.12. The monoisotopic (exact) mass is 422 g/mol. The average Bonchev–Trinajstić information content (AvgIpc) is 2.78. The van der Waals surface area contributed by atoms with E-state index in [4.69, 9.17) is 15.2 Å². The van der Waals surface area contributed by atoms with Crippen molar-refractivity contribution < 1.29 is 14.3 Å². The summed E-state index contributed by atoms with van der Waals surface area (Å²) in [5, 5.41) is 2.68. The summed E-state index contributed by atoms with van der Waals surface area (Å²) in [5.41, 5.74) is 8.77. The van der Waals surface area contributed by atoms with Gasteiger partial charge in [-0.15, -0.1) is 11.8 Å². The van der Waals surface area contributed by atoms with E-state index < -0.39 is 0 Å². The van der Waals surface area contributed by atoms with Gasteiger partial charge in [0.1, 0.15) is 5.25 Å². The summed E-state index contributed by atoms with van der Waals surface area (Å²) in [4.78, 5) is 13.9. The first-order chi connectivity index (χ1) is 14.6. The molecule has 3 aromatic carbocycles. The zero-order valence-electron chi connectivity index (χ0n) is 17.1. The predicted molar refractivity (Wildman–Crippen MR) is 122 cm³/mol. The Morgan fingerprint density at radius 3 is 2.37 bits per heavy atom. The summed E-state index contributed by atoms with van der Waals surface area (Å²) in [6.45, 7) is 0.516. The van der Waals surface area contributed by atoms with Gasteiger partial charge in [-0.25, -0.2) is 0 Å². The number of nitrogens with two attached hydrogens (primary N) is 1. The van der Waals surface area contributed by atoms with Gasteiger partial charge in [-0.1, -0.05) is 48.5 Å². The zero-order chi connectivity index (χ0) is 21.3. The number of para-hydroxylation sites is 1. The summed E-state index contributed by atoms with van der Waals surface area (Å²) >= 11 is 1.46. The Bertz CT molecular complexity index is 979. The van der Waals surface area contributed by atoms with Crippen molar-refractivity contribution in [2.24, 2.45) is 0 Å². The van der Waals surface area contributed by atoms with E-state index in [1.807, 2.05) is 72.8 Å². The molecule has 0 aromatic heterocycles. The highest BCUT2D eigenvalue weighted by molar-refractivity contribution is 8.00. The summed E-state index contributed by atoms with van der Waals surface area (Å²) in [6.07, 6.45) is 0.686. The van der Waals surface area contributed by atoms with Gasteiger partial charge in [0.05, 0.1) is 14.2 Å². The predicted octanol–water partition coefficient (Wildman–Crippen LogP) is 4.48. The molecule has 0 saturated heterocycles. The standard InChI is InChI=1S/C24H26N2O3S/c1-28-20-13-12-17(16-21(20)29-2)14-15-26-24(27)23(18-8-4-3-5-9-18)30-22-11-7-6-10-19(22)25/h3-13,16,23H,14-15,25H2,1-2H3,(H,26,27)/t23-/m1/s1. The molecule has 3 rings (SSSR count). The van der Waals surface area contributed by atoms with Crippen LogP contribution in [0.15, 0.2) is 77.7 Å². The van der Waals surface area contributed by atoms with E-state index in [-0.39, 0.29) is 11.2 Å². The normalized spacial score (nSPS) is 11.5. The number of benzene rings is 3. The molecule has 3 aromatic rings. The number of rotatable bonds is 9. The number of hydrogen-bond donors (Lipinski definition) is 2. The molecule has 6 heteroatoms. The Balaban J connectivity index is 1.69. The minimum atomic E-state index is -0.388. The van der Waals surface area contributed by atoms with Crippen LogP contribution in [-0.2, 0) is 11.2 Å².